The summed E-state index contributed by atoms with van der Waals surface area (Å²) in [6, 6.07) is 15.3. The molecule has 0 amide bonds. The van der Waals surface area contributed by atoms with Crippen LogP contribution in [-0.2, 0) is 0 Å². The van der Waals surface area contributed by atoms with E-state index in [-0.39, 0.29) is 5.75 Å². The zero-order chi connectivity index (χ0) is 14.7. The van der Waals surface area contributed by atoms with Gasteiger partial charge in [-0.3, -0.25) is 0 Å². The molecule has 3 nitrogen and oxygen atoms in total. The van der Waals surface area contributed by atoms with E-state index in [0.717, 1.165) is 11.3 Å². The minimum Gasteiger partial charge on any atom is -0.507 e. The minimum absolute atomic E-state index is 0.219. The molecule has 0 aliphatic rings. The Morgan fingerprint density at radius 2 is 1.86 bits per heavy atom. The van der Waals surface area contributed by atoms with Gasteiger partial charge in [0.05, 0.1) is 5.69 Å². The largest absolute Gasteiger partial charge is 0.507 e. The van der Waals surface area contributed by atoms with Crippen molar-refractivity contribution >= 4 is 22.7 Å². The fourth-order valence-electron chi connectivity index (χ4n) is 1.90. The summed E-state index contributed by atoms with van der Waals surface area (Å²) in [4.78, 5) is 8.82. The number of phenols is 1. The van der Waals surface area contributed by atoms with Gasteiger partial charge in [0.15, 0.2) is 0 Å². The van der Waals surface area contributed by atoms with Gasteiger partial charge in [0.2, 0.25) is 5.13 Å². The molecule has 0 spiro atoms. The predicted molar refractivity (Wildman–Crippen MR) is 87.6 cm³/mol. The van der Waals surface area contributed by atoms with Gasteiger partial charge in [0, 0.05) is 22.7 Å². The third-order valence-corrected chi connectivity index (χ3v) is 3.84. The average Bonchev–Trinajstić information content (AvgIpc) is 2.96. The van der Waals surface area contributed by atoms with Crippen LogP contribution in [0.15, 0.2) is 58.9 Å². The molecule has 2 aromatic carbocycles. The molecule has 1 heterocycles. The van der Waals surface area contributed by atoms with Crippen molar-refractivity contribution in [1.29, 1.82) is 0 Å². The Morgan fingerprint density at radius 1 is 1.10 bits per heavy atom. The van der Waals surface area contributed by atoms with E-state index < -0.39 is 0 Å². The number of aryl methyl sites for hydroxylation is 1. The van der Waals surface area contributed by atoms with Crippen LogP contribution in [0.5, 0.6) is 5.75 Å². The molecule has 1 N–H and O–H groups in total. The fourth-order valence-corrected chi connectivity index (χ4v) is 2.57. The number of rotatable bonds is 3. The summed E-state index contributed by atoms with van der Waals surface area (Å²) >= 11 is 1.48. The van der Waals surface area contributed by atoms with Gasteiger partial charge in [0.1, 0.15) is 5.75 Å². The summed E-state index contributed by atoms with van der Waals surface area (Å²) in [5.74, 6) is 0.219. The van der Waals surface area contributed by atoms with E-state index in [9.17, 15) is 5.11 Å². The van der Waals surface area contributed by atoms with Crippen LogP contribution in [0.3, 0.4) is 0 Å². The third kappa shape index (κ3) is 3.17. The molecule has 0 radical (unpaired) electrons. The van der Waals surface area contributed by atoms with Gasteiger partial charge in [-0.25, -0.2) is 9.98 Å². The van der Waals surface area contributed by atoms with Crippen LogP contribution in [0.25, 0.3) is 11.3 Å². The molecule has 0 saturated carbocycles. The van der Waals surface area contributed by atoms with Crippen molar-refractivity contribution < 1.29 is 5.11 Å². The lowest BCUT2D eigenvalue weighted by Crippen LogP contribution is -1.81. The Bertz CT molecular complexity index is 775. The van der Waals surface area contributed by atoms with Crippen LogP contribution >= 0.6 is 11.3 Å². The first-order chi connectivity index (χ1) is 10.2. The molecule has 0 atom stereocenters. The minimum atomic E-state index is 0.219. The van der Waals surface area contributed by atoms with Crippen molar-refractivity contribution in [1.82, 2.24) is 4.98 Å². The highest BCUT2D eigenvalue weighted by Gasteiger charge is 2.03. The topological polar surface area (TPSA) is 45.5 Å². The summed E-state index contributed by atoms with van der Waals surface area (Å²) in [5, 5.41) is 12.4. The van der Waals surface area contributed by atoms with Crippen LogP contribution in [0.2, 0.25) is 0 Å². The van der Waals surface area contributed by atoms with Crippen molar-refractivity contribution in [3.8, 4) is 17.0 Å². The Hall–Kier alpha value is -2.46. The zero-order valence-electron chi connectivity index (χ0n) is 11.5. The number of nitrogens with zero attached hydrogens (tertiary/aromatic N) is 2. The van der Waals surface area contributed by atoms with E-state index in [2.05, 4.69) is 41.2 Å². The standard InChI is InChI=1S/C17H14N2OS/c1-12-6-8-13(9-7-12)15-11-21-17(19-15)18-10-14-4-2-3-5-16(14)20/h2-11,20H,1H3/b18-10+. The Morgan fingerprint density at radius 3 is 2.62 bits per heavy atom. The van der Waals surface area contributed by atoms with Crippen molar-refractivity contribution in [2.24, 2.45) is 4.99 Å². The van der Waals surface area contributed by atoms with Gasteiger partial charge < -0.3 is 5.11 Å². The number of phenolic OH excluding ortho intramolecular Hbond substituents is 1. The second-order valence-electron chi connectivity index (χ2n) is 4.70. The lowest BCUT2D eigenvalue weighted by Gasteiger charge is -1.97. The monoisotopic (exact) mass is 294 g/mol. The molecule has 0 bridgehead atoms. The first kappa shape index (κ1) is 13.5. The molecule has 0 aliphatic heterocycles. The molecular formula is C17H14N2OS. The first-order valence-corrected chi connectivity index (χ1v) is 7.45. The Kier molecular flexibility index (Phi) is 3.79. The molecule has 3 aromatic rings. The molecule has 104 valence electrons. The third-order valence-electron chi connectivity index (χ3n) is 3.09. The molecule has 1 aromatic heterocycles. The average molecular weight is 294 g/mol. The second kappa shape index (κ2) is 5.89. The van der Waals surface area contributed by atoms with Gasteiger partial charge >= 0.3 is 0 Å². The summed E-state index contributed by atoms with van der Waals surface area (Å²) in [5.41, 5.74) is 3.92. The predicted octanol–water partition coefficient (Wildman–Crippen LogP) is 4.57. The van der Waals surface area contributed by atoms with E-state index >= 15 is 0 Å². The summed E-state index contributed by atoms with van der Waals surface area (Å²) in [6.07, 6.45) is 1.63. The van der Waals surface area contributed by atoms with Gasteiger partial charge in [-0.15, -0.1) is 11.3 Å². The van der Waals surface area contributed by atoms with Crippen molar-refractivity contribution in [3.05, 3.63) is 65.0 Å². The maximum Gasteiger partial charge on any atom is 0.209 e. The van der Waals surface area contributed by atoms with E-state index in [1.165, 1.54) is 16.9 Å². The Labute approximate surface area is 127 Å². The number of aromatic nitrogens is 1. The zero-order valence-corrected chi connectivity index (χ0v) is 12.3. The van der Waals surface area contributed by atoms with Crippen LogP contribution < -0.4 is 0 Å². The summed E-state index contributed by atoms with van der Waals surface area (Å²) in [7, 11) is 0. The smallest absolute Gasteiger partial charge is 0.209 e. The van der Waals surface area contributed by atoms with Crippen molar-refractivity contribution in [3.63, 3.8) is 0 Å². The van der Waals surface area contributed by atoms with E-state index in [1.54, 1.807) is 18.3 Å². The number of hydrogen-bond donors (Lipinski definition) is 1. The normalized spacial score (nSPS) is 11.1. The quantitative estimate of drug-likeness (QED) is 0.719. The van der Waals surface area contributed by atoms with Crippen LogP contribution in [0.4, 0.5) is 5.13 Å². The van der Waals surface area contributed by atoms with Crippen LogP contribution in [-0.4, -0.2) is 16.3 Å². The number of aromatic hydroxyl groups is 1. The maximum absolute atomic E-state index is 9.69. The Balaban J connectivity index is 1.82. The number of aliphatic imine (C=N–C) groups is 1. The van der Waals surface area contributed by atoms with Gasteiger partial charge in [0.25, 0.3) is 0 Å². The molecule has 0 aliphatic carbocycles. The van der Waals surface area contributed by atoms with Gasteiger partial charge in [-0.2, -0.15) is 0 Å². The SMILES string of the molecule is Cc1ccc(-c2csc(/N=C/c3ccccc3O)n2)cc1. The lowest BCUT2D eigenvalue weighted by molar-refractivity contribution is 0.474. The highest BCUT2D eigenvalue weighted by Crippen LogP contribution is 2.27. The van der Waals surface area contributed by atoms with Gasteiger partial charge in [-0.05, 0) is 19.1 Å². The molecule has 4 heteroatoms. The van der Waals surface area contributed by atoms with Crippen LogP contribution in [0, 0.1) is 6.92 Å². The molecule has 21 heavy (non-hydrogen) atoms. The number of hydrogen-bond acceptors (Lipinski definition) is 4. The van der Waals surface area contributed by atoms with E-state index in [0.29, 0.717) is 10.7 Å². The highest BCUT2D eigenvalue weighted by molar-refractivity contribution is 7.13. The van der Waals surface area contributed by atoms with Crippen molar-refractivity contribution in [2.45, 2.75) is 6.92 Å². The molecule has 0 fully saturated rings. The second-order valence-corrected chi connectivity index (χ2v) is 5.53. The molecule has 0 saturated heterocycles. The number of benzene rings is 2. The van der Waals surface area contributed by atoms with Gasteiger partial charge in [-0.1, -0.05) is 42.0 Å². The molecule has 3 rings (SSSR count). The maximum atomic E-state index is 9.69. The first-order valence-electron chi connectivity index (χ1n) is 6.57. The summed E-state index contributed by atoms with van der Waals surface area (Å²) in [6.45, 7) is 2.06. The number of para-hydroxylation sites is 1. The lowest BCUT2D eigenvalue weighted by atomic mass is 10.1. The van der Waals surface area contributed by atoms with E-state index in [4.69, 9.17) is 0 Å². The van der Waals surface area contributed by atoms with Crippen molar-refractivity contribution in [2.75, 3.05) is 0 Å². The molecule has 0 unspecified atom stereocenters. The molecular weight excluding hydrogens is 280 g/mol. The van der Waals surface area contributed by atoms with Crippen LogP contribution in [0.1, 0.15) is 11.1 Å². The summed E-state index contributed by atoms with van der Waals surface area (Å²) < 4.78 is 0. The fraction of sp³-hybridized carbons (Fsp3) is 0.0588. The number of thiazole rings is 1. The highest BCUT2D eigenvalue weighted by atomic mass is 32.1. The van der Waals surface area contributed by atoms with E-state index in [1.807, 2.05) is 17.5 Å².